The van der Waals surface area contributed by atoms with Crippen molar-refractivity contribution in [1.29, 1.82) is 0 Å². The zero-order valence-electron chi connectivity index (χ0n) is 11.6. The van der Waals surface area contributed by atoms with E-state index < -0.39 is 0 Å². The lowest BCUT2D eigenvalue weighted by Crippen LogP contribution is -2.12. The van der Waals surface area contributed by atoms with Gasteiger partial charge in [0.2, 0.25) is 0 Å². The van der Waals surface area contributed by atoms with E-state index in [1.165, 1.54) is 19.2 Å². The second-order valence-electron chi connectivity index (χ2n) is 4.37. The molecular weight excluding hydrogens is 327 g/mol. The summed E-state index contributed by atoms with van der Waals surface area (Å²) in [6, 6.07) is 9.30. The normalized spacial score (nSPS) is 10.1. The minimum Gasteiger partial charge on any atom is -0.493 e. The number of hydrogen-bond donors (Lipinski definition) is 0. The van der Waals surface area contributed by atoms with E-state index in [2.05, 4.69) is 0 Å². The summed E-state index contributed by atoms with van der Waals surface area (Å²) in [6.07, 6.45) is 0.702. The largest absolute Gasteiger partial charge is 0.493 e. The molecule has 4 nitrogen and oxygen atoms in total. The number of benzene rings is 2. The zero-order chi connectivity index (χ0) is 16.1. The lowest BCUT2D eigenvalue weighted by Gasteiger charge is -2.10. The number of Topliss-reactive ketones (excluding diaryl/α,β-unsaturated/α-hetero) is 1. The molecule has 0 bridgehead atoms. The van der Waals surface area contributed by atoms with Crippen LogP contribution in [0.3, 0.4) is 0 Å². The summed E-state index contributed by atoms with van der Waals surface area (Å²) in [5.74, 6) is 0.508. The Morgan fingerprint density at radius 3 is 2.50 bits per heavy atom. The van der Waals surface area contributed by atoms with Crippen molar-refractivity contribution < 1.29 is 19.1 Å². The average Bonchev–Trinajstić information content (AvgIpc) is 2.54. The molecule has 0 atom stereocenters. The Hall–Kier alpha value is -2.04. The van der Waals surface area contributed by atoms with Crippen molar-refractivity contribution in [3.63, 3.8) is 0 Å². The van der Waals surface area contributed by atoms with Crippen LogP contribution in [0.4, 0.5) is 0 Å². The molecule has 0 aliphatic carbocycles. The Bertz CT molecular complexity index is 713. The summed E-state index contributed by atoms with van der Waals surface area (Å²) in [4.78, 5) is 22.8. The van der Waals surface area contributed by atoms with Crippen LogP contribution in [0.25, 0.3) is 0 Å². The molecular formula is C16H12Cl2O4. The molecule has 0 saturated heterocycles. The number of hydrogen-bond acceptors (Lipinski definition) is 4. The maximum Gasteiger partial charge on any atom is 0.200 e. The summed E-state index contributed by atoms with van der Waals surface area (Å²) < 4.78 is 10.6. The first-order valence-corrected chi connectivity index (χ1v) is 7.05. The predicted octanol–water partition coefficient (Wildman–Crippen LogP) is 4.08. The van der Waals surface area contributed by atoms with Crippen molar-refractivity contribution in [3.8, 4) is 11.5 Å². The molecule has 0 unspecified atom stereocenters. The summed E-state index contributed by atoms with van der Waals surface area (Å²) >= 11 is 11.7. The fraction of sp³-hybridized carbons (Fsp3) is 0.125. The van der Waals surface area contributed by atoms with E-state index in [-0.39, 0.29) is 12.4 Å². The van der Waals surface area contributed by atoms with Gasteiger partial charge in [0.05, 0.1) is 17.2 Å². The van der Waals surface area contributed by atoms with Crippen LogP contribution in [0.5, 0.6) is 11.5 Å². The van der Waals surface area contributed by atoms with Crippen LogP contribution in [0.15, 0.2) is 36.4 Å². The number of carbonyl (C=O) groups is 2. The first-order chi connectivity index (χ1) is 10.5. The molecule has 2 aromatic carbocycles. The Balaban J connectivity index is 2.10. The van der Waals surface area contributed by atoms with Gasteiger partial charge in [-0.15, -0.1) is 0 Å². The Morgan fingerprint density at radius 2 is 1.86 bits per heavy atom. The van der Waals surface area contributed by atoms with Gasteiger partial charge in [-0.05, 0) is 36.4 Å². The second-order valence-corrected chi connectivity index (χ2v) is 5.18. The van der Waals surface area contributed by atoms with E-state index in [9.17, 15) is 9.59 Å². The number of rotatable bonds is 6. The van der Waals surface area contributed by atoms with Crippen molar-refractivity contribution in [3.05, 3.63) is 57.6 Å². The van der Waals surface area contributed by atoms with Gasteiger partial charge in [0.25, 0.3) is 0 Å². The number of aldehydes is 1. The van der Waals surface area contributed by atoms with Gasteiger partial charge in [0.15, 0.2) is 23.9 Å². The van der Waals surface area contributed by atoms with Gasteiger partial charge >= 0.3 is 0 Å². The van der Waals surface area contributed by atoms with Gasteiger partial charge in [-0.3, -0.25) is 9.59 Å². The number of ketones is 1. The fourth-order valence-corrected chi connectivity index (χ4v) is 2.07. The van der Waals surface area contributed by atoms with Gasteiger partial charge < -0.3 is 9.47 Å². The van der Waals surface area contributed by atoms with Crippen LogP contribution in [0.2, 0.25) is 10.0 Å². The highest BCUT2D eigenvalue weighted by molar-refractivity contribution is 6.42. The summed E-state index contributed by atoms with van der Waals surface area (Å²) in [5.41, 5.74) is 0.859. The summed E-state index contributed by atoms with van der Waals surface area (Å²) in [5, 5.41) is 0.686. The van der Waals surface area contributed by atoms with E-state index in [4.69, 9.17) is 32.7 Å². The first kappa shape index (κ1) is 16.3. The number of methoxy groups -OCH3 is 1. The number of ether oxygens (including phenoxy) is 2. The quantitative estimate of drug-likeness (QED) is 0.588. The van der Waals surface area contributed by atoms with Crippen LogP contribution in [0, 0.1) is 0 Å². The smallest absolute Gasteiger partial charge is 0.200 e. The molecule has 22 heavy (non-hydrogen) atoms. The van der Waals surface area contributed by atoms with Crippen LogP contribution in [0.1, 0.15) is 20.7 Å². The van der Waals surface area contributed by atoms with Gasteiger partial charge in [0.1, 0.15) is 6.29 Å². The predicted molar refractivity (Wildman–Crippen MR) is 84.7 cm³/mol. The van der Waals surface area contributed by atoms with Crippen LogP contribution in [-0.4, -0.2) is 25.8 Å². The first-order valence-electron chi connectivity index (χ1n) is 6.29. The van der Waals surface area contributed by atoms with Crippen LogP contribution in [-0.2, 0) is 0 Å². The van der Waals surface area contributed by atoms with Crippen molar-refractivity contribution in [2.24, 2.45) is 0 Å². The Morgan fingerprint density at radius 1 is 1.09 bits per heavy atom. The summed E-state index contributed by atoms with van der Waals surface area (Å²) in [6.45, 7) is -0.186. The average molecular weight is 339 g/mol. The molecule has 0 radical (unpaired) electrons. The van der Waals surface area contributed by atoms with Crippen LogP contribution >= 0.6 is 23.2 Å². The molecule has 0 aromatic heterocycles. The minimum atomic E-state index is -0.250. The standard InChI is InChI=1S/C16H12Cl2O4/c1-21-16-6-10(8-19)2-5-15(16)22-9-14(20)11-3-4-12(17)13(18)7-11/h2-8H,9H2,1H3. The molecule has 0 heterocycles. The SMILES string of the molecule is COc1cc(C=O)ccc1OCC(=O)c1ccc(Cl)c(Cl)c1. The van der Waals surface area contributed by atoms with E-state index in [1.807, 2.05) is 0 Å². The number of carbonyl (C=O) groups excluding carboxylic acids is 2. The van der Waals surface area contributed by atoms with E-state index >= 15 is 0 Å². The lowest BCUT2D eigenvalue weighted by atomic mass is 10.1. The molecule has 0 amide bonds. The topological polar surface area (TPSA) is 52.6 Å². The van der Waals surface area contributed by atoms with Gasteiger partial charge in [-0.2, -0.15) is 0 Å². The highest BCUT2D eigenvalue weighted by Gasteiger charge is 2.11. The Kier molecular flexibility index (Phi) is 5.41. The minimum absolute atomic E-state index is 0.186. The highest BCUT2D eigenvalue weighted by atomic mass is 35.5. The molecule has 0 spiro atoms. The maximum absolute atomic E-state index is 12.1. The second kappa shape index (κ2) is 7.29. The van der Waals surface area contributed by atoms with Crippen molar-refractivity contribution in [2.75, 3.05) is 13.7 Å². The molecule has 0 saturated carbocycles. The Labute approximate surface area is 137 Å². The van der Waals surface area contributed by atoms with Crippen LogP contribution < -0.4 is 9.47 Å². The molecule has 2 aromatic rings. The molecule has 0 aliphatic rings. The molecule has 0 aliphatic heterocycles. The third-order valence-corrected chi connectivity index (χ3v) is 3.66. The molecule has 6 heteroatoms. The zero-order valence-corrected chi connectivity index (χ0v) is 13.1. The molecule has 0 fully saturated rings. The van der Waals surface area contributed by atoms with E-state index in [0.29, 0.717) is 39.0 Å². The monoisotopic (exact) mass is 338 g/mol. The van der Waals surface area contributed by atoms with Crippen molar-refractivity contribution >= 4 is 35.3 Å². The van der Waals surface area contributed by atoms with Crippen molar-refractivity contribution in [2.45, 2.75) is 0 Å². The van der Waals surface area contributed by atoms with Crippen molar-refractivity contribution in [1.82, 2.24) is 0 Å². The fourth-order valence-electron chi connectivity index (χ4n) is 1.77. The summed E-state index contributed by atoms with van der Waals surface area (Å²) in [7, 11) is 1.46. The number of halogens is 2. The lowest BCUT2D eigenvalue weighted by molar-refractivity contribution is 0.0919. The van der Waals surface area contributed by atoms with Gasteiger partial charge in [-0.1, -0.05) is 23.2 Å². The third kappa shape index (κ3) is 3.78. The van der Waals surface area contributed by atoms with E-state index in [0.717, 1.165) is 0 Å². The molecule has 2 rings (SSSR count). The van der Waals surface area contributed by atoms with E-state index in [1.54, 1.807) is 24.3 Å². The molecule has 0 N–H and O–H groups in total. The highest BCUT2D eigenvalue weighted by Crippen LogP contribution is 2.28. The van der Waals surface area contributed by atoms with Gasteiger partial charge in [-0.25, -0.2) is 0 Å². The van der Waals surface area contributed by atoms with Gasteiger partial charge in [0, 0.05) is 11.1 Å². The maximum atomic E-state index is 12.1. The molecule has 114 valence electrons. The third-order valence-electron chi connectivity index (χ3n) is 2.92.